The van der Waals surface area contributed by atoms with Gasteiger partial charge in [0, 0.05) is 0 Å². The summed E-state index contributed by atoms with van der Waals surface area (Å²) in [5.74, 6) is -1.35. The molecule has 0 aliphatic rings. The van der Waals surface area contributed by atoms with E-state index >= 15 is 0 Å². The van der Waals surface area contributed by atoms with Crippen molar-refractivity contribution < 1.29 is 19.4 Å². The lowest BCUT2D eigenvalue weighted by Crippen LogP contribution is -2.07. The third-order valence-electron chi connectivity index (χ3n) is 1.71. The van der Waals surface area contributed by atoms with Gasteiger partial charge in [0.05, 0.1) is 6.42 Å². The normalized spacial score (nSPS) is 9.56. The summed E-state index contributed by atoms with van der Waals surface area (Å²) in [4.78, 5) is 21.4. The molecule has 0 aliphatic heterocycles. The molecule has 0 bridgehead atoms. The fraction of sp³-hybridized carbons (Fsp3) is 0.0909. The van der Waals surface area contributed by atoms with Crippen LogP contribution in [0.1, 0.15) is 5.56 Å². The Hall–Kier alpha value is -1.81. The van der Waals surface area contributed by atoms with Gasteiger partial charge >= 0.3 is 11.9 Å². The van der Waals surface area contributed by atoms with Gasteiger partial charge in [-0.15, -0.1) is 0 Å². The Labute approximate surface area is 97.1 Å². The molecule has 4 nitrogen and oxygen atoms in total. The molecule has 1 N–H and O–H groups in total. The summed E-state index contributed by atoms with van der Waals surface area (Å²) in [7, 11) is 0. The van der Waals surface area contributed by atoms with Gasteiger partial charge in [0.15, 0.2) is 0 Å². The van der Waals surface area contributed by atoms with Gasteiger partial charge in [-0.25, -0.2) is 4.79 Å². The van der Waals surface area contributed by atoms with Gasteiger partial charge in [-0.3, -0.25) is 4.79 Å². The molecule has 0 fully saturated rings. The van der Waals surface area contributed by atoms with Crippen LogP contribution >= 0.6 is 11.6 Å². The van der Waals surface area contributed by atoms with Gasteiger partial charge in [0.2, 0.25) is 0 Å². The van der Waals surface area contributed by atoms with Crippen molar-refractivity contribution in [1.82, 2.24) is 0 Å². The third kappa shape index (κ3) is 3.74. The van der Waals surface area contributed by atoms with E-state index in [0.29, 0.717) is 11.3 Å². The SMILES string of the molecule is C=C(Cl)C(=O)Oc1ccc(CC(=O)O)cc1. The zero-order valence-corrected chi connectivity index (χ0v) is 9.03. The van der Waals surface area contributed by atoms with E-state index in [4.69, 9.17) is 21.4 Å². The molecular weight excluding hydrogens is 232 g/mol. The fourth-order valence-electron chi connectivity index (χ4n) is 1.01. The molecule has 0 aliphatic carbocycles. The highest BCUT2D eigenvalue weighted by Crippen LogP contribution is 2.14. The number of carbonyl (C=O) groups excluding carboxylic acids is 1. The van der Waals surface area contributed by atoms with Gasteiger partial charge < -0.3 is 9.84 Å². The molecule has 1 rings (SSSR count). The van der Waals surface area contributed by atoms with E-state index in [0.717, 1.165) is 0 Å². The zero-order chi connectivity index (χ0) is 12.1. The minimum Gasteiger partial charge on any atom is -0.481 e. The fourth-order valence-corrected chi connectivity index (χ4v) is 1.05. The van der Waals surface area contributed by atoms with Gasteiger partial charge in [-0.1, -0.05) is 30.3 Å². The van der Waals surface area contributed by atoms with E-state index in [1.54, 1.807) is 12.1 Å². The largest absolute Gasteiger partial charge is 0.481 e. The summed E-state index contributed by atoms with van der Waals surface area (Å²) >= 11 is 5.33. The second-order valence-corrected chi connectivity index (χ2v) is 3.47. The van der Waals surface area contributed by atoms with E-state index in [1.807, 2.05) is 0 Å². The number of benzene rings is 1. The molecule has 0 amide bonds. The number of hydrogen-bond acceptors (Lipinski definition) is 3. The maximum atomic E-state index is 11.0. The van der Waals surface area contributed by atoms with Crippen LogP contribution in [0.15, 0.2) is 35.9 Å². The Balaban J connectivity index is 2.68. The van der Waals surface area contributed by atoms with Gasteiger partial charge in [-0.05, 0) is 17.7 Å². The molecule has 0 atom stereocenters. The van der Waals surface area contributed by atoms with Crippen LogP contribution in [-0.2, 0) is 16.0 Å². The zero-order valence-electron chi connectivity index (χ0n) is 8.27. The van der Waals surface area contributed by atoms with Crippen LogP contribution in [0, 0.1) is 0 Å². The molecule has 16 heavy (non-hydrogen) atoms. The average Bonchev–Trinajstić information content (AvgIpc) is 2.20. The Morgan fingerprint density at radius 1 is 1.31 bits per heavy atom. The van der Waals surface area contributed by atoms with E-state index in [2.05, 4.69) is 6.58 Å². The van der Waals surface area contributed by atoms with Crippen LogP contribution in [0.4, 0.5) is 0 Å². The summed E-state index contributed by atoms with van der Waals surface area (Å²) in [6.07, 6.45) is -0.0730. The maximum Gasteiger partial charge on any atom is 0.354 e. The monoisotopic (exact) mass is 240 g/mol. The Morgan fingerprint density at radius 3 is 2.31 bits per heavy atom. The summed E-state index contributed by atoms with van der Waals surface area (Å²) in [5.41, 5.74) is 0.622. The van der Waals surface area contributed by atoms with Crippen molar-refractivity contribution in [3.05, 3.63) is 41.4 Å². The second-order valence-electron chi connectivity index (χ2n) is 3.01. The van der Waals surface area contributed by atoms with Crippen LogP contribution in [0.3, 0.4) is 0 Å². The second kappa shape index (κ2) is 5.32. The summed E-state index contributed by atoms with van der Waals surface area (Å²) in [6.45, 7) is 3.22. The van der Waals surface area contributed by atoms with Crippen molar-refractivity contribution in [3.8, 4) is 5.75 Å². The topological polar surface area (TPSA) is 63.6 Å². The lowest BCUT2D eigenvalue weighted by molar-refractivity contribution is -0.136. The summed E-state index contributed by atoms with van der Waals surface area (Å²) < 4.78 is 4.82. The minimum atomic E-state index is -0.918. The molecular formula is C11H9ClO4. The van der Waals surface area contributed by atoms with E-state index in [1.165, 1.54) is 12.1 Å². The molecule has 0 spiro atoms. The highest BCUT2D eigenvalue weighted by atomic mass is 35.5. The van der Waals surface area contributed by atoms with Crippen molar-refractivity contribution >= 4 is 23.5 Å². The Kier molecular flexibility index (Phi) is 4.08. The number of halogens is 1. The van der Waals surface area contributed by atoms with Crippen molar-refractivity contribution in [3.63, 3.8) is 0 Å². The number of esters is 1. The first kappa shape index (κ1) is 12.3. The number of carbonyl (C=O) groups is 2. The third-order valence-corrected chi connectivity index (χ3v) is 1.87. The molecule has 0 radical (unpaired) electrons. The molecule has 1 aromatic carbocycles. The lowest BCUT2D eigenvalue weighted by atomic mass is 10.1. The number of aliphatic carboxylic acids is 1. The number of rotatable bonds is 4. The van der Waals surface area contributed by atoms with Crippen LogP contribution in [0.2, 0.25) is 0 Å². The van der Waals surface area contributed by atoms with Crippen LogP contribution in [0.25, 0.3) is 0 Å². The first-order valence-corrected chi connectivity index (χ1v) is 4.74. The van der Waals surface area contributed by atoms with Crippen molar-refractivity contribution in [2.45, 2.75) is 6.42 Å². The van der Waals surface area contributed by atoms with E-state index in [-0.39, 0.29) is 11.5 Å². The Morgan fingerprint density at radius 2 is 1.88 bits per heavy atom. The van der Waals surface area contributed by atoms with Crippen LogP contribution < -0.4 is 4.74 Å². The number of ether oxygens (including phenoxy) is 1. The molecule has 0 unspecified atom stereocenters. The van der Waals surface area contributed by atoms with Crippen molar-refractivity contribution in [1.29, 1.82) is 0 Å². The first-order valence-electron chi connectivity index (χ1n) is 4.36. The molecule has 5 heteroatoms. The minimum absolute atomic E-state index is 0.0730. The first-order chi connectivity index (χ1) is 7.49. The lowest BCUT2D eigenvalue weighted by Gasteiger charge is -2.03. The molecule has 84 valence electrons. The van der Waals surface area contributed by atoms with Gasteiger partial charge in [0.1, 0.15) is 10.8 Å². The highest BCUT2D eigenvalue weighted by molar-refractivity contribution is 6.41. The number of carboxylic acids is 1. The predicted octanol–water partition coefficient (Wildman–Crippen LogP) is 1.97. The summed E-state index contributed by atoms with van der Waals surface area (Å²) in [6, 6.07) is 6.12. The van der Waals surface area contributed by atoms with Crippen molar-refractivity contribution in [2.24, 2.45) is 0 Å². The van der Waals surface area contributed by atoms with Crippen LogP contribution in [-0.4, -0.2) is 17.0 Å². The quantitative estimate of drug-likeness (QED) is 0.497. The predicted molar refractivity (Wildman–Crippen MR) is 58.4 cm³/mol. The number of hydrogen-bond donors (Lipinski definition) is 1. The smallest absolute Gasteiger partial charge is 0.354 e. The van der Waals surface area contributed by atoms with Gasteiger partial charge in [-0.2, -0.15) is 0 Å². The van der Waals surface area contributed by atoms with Crippen molar-refractivity contribution in [2.75, 3.05) is 0 Å². The Bertz CT molecular complexity index is 422. The molecule has 0 saturated carbocycles. The molecule has 1 aromatic rings. The number of carboxylic acid groups (broad SMARTS) is 1. The average molecular weight is 241 g/mol. The summed E-state index contributed by atoms with van der Waals surface area (Å²) in [5, 5.41) is 8.33. The molecule has 0 saturated heterocycles. The highest BCUT2D eigenvalue weighted by Gasteiger charge is 2.07. The van der Waals surface area contributed by atoms with Crippen LogP contribution in [0.5, 0.6) is 5.75 Å². The standard InChI is InChI=1S/C11H9ClO4/c1-7(12)11(15)16-9-4-2-8(3-5-9)6-10(13)14/h2-5H,1,6H2,(H,13,14). The van der Waals surface area contributed by atoms with E-state index < -0.39 is 11.9 Å². The molecule has 0 heterocycles. The van der Waals surface area contributed by atoms with E-state index in [9.17, 15) is 9.59 Å². The van der Waals surface area contributed by atoms with Gasteiger partial charge in [0.25, 0.3) is 0 Å². The molecule has 0 aromatic heterocycles. The maximum absolute atomic E-state index is 11.0.